The molecular formula is C4H2F6O2. The molecule has 0 saturated heterocycles. The zero-order valence-electron chi connectivity index (χ0n) is 5.18. The number of halogens is 6. The summed E-state index contributed by atoms with van der Waals surface area (Å²) in [6.07, 6.45) is 0. The summed E-state index contributed by atoms with van der Waals surface area (Å²) in [6.45, 7) is 0. The molecule has 1 fully saturated rings. The van der Waals surface area contributed by atoms with E-state index in [1.54, 1.807) is 0 Å². The number of carbonyl (C=O) groups is 1. The van der Waals surface area contributed by atoms with Gasteiger partial charge in [0.15, 0.2) is 0 Å². The molecule has 0 aliphatic heterocycles. The van der Waals surface area contributed by atoms with E-state index < -0.39 is 23.6 Å². The van der Waals surface area contributed by atoms with Gasteiger partial charge in [0.05, 0.1) is 0 Å². The summed E-state index contributed by atoms with van der Waals surface area (Å²) in [5, 5.41) is 0. The first kappa shape index (κ1) is 11.2. The molecule has 0 amide bonds. The van der Waals surface area contributed by atoms with E-state index >= 15 is 0 Å². The Balaban J connectivity index is 0.00000121. The highest BCUT2D eigenvalue weighted by atomic mass is 19.4. The highest BCUT2D eigenvalue weighted by Crippen LogP contribution is 2.57. The summed E-state index contributed by atoms with van der Waals surface area (Å²) in [5.74, 6) is -19.0. The fraction of sp³-hybridized carbons (Fsp3) is 0.750. The van der Waals surface area contributed by atoms with Crippen LogP contribution in [-0.4, -0.2) is 29.0 Å². The molecule has 0 aromatic carbocycles. The summed E-state index contributed by atoms with van der Waals surface area (Å²) in [4.78, 5) is 9.64. The molecule has 2 N–H and O–H groups in total. The molecule has 8 heteroatoms. The third kappa shape index (κ3) is 0.728. The zero-order chi connectivity index (χ0) is 9.08. The van der Waals surface area contributed by atoms with Crippen LogP contribution in [0.25, 0.3) is 0 Å². The average Bonchev–Trinajstić information content (AvgIpc) is 1.84. The van der Waals surface area contributed by atoms with Gasteiger partial charge in [0.1, 0.15) is 0 Å². The van der Waals surface area contributed by atoms with E-state index in [0.29, 0.717) is 0 Å². The van der Waals surface area contributed by atoms with Gasteiger partial charge in [-0.2, -0.15) is 26.3 Å². The molecule has 0 radical (unpaired) electrons. The van der Waals surface area contributed by atoms with Crippen LogP contribution in [0.4, 0.5) is 26.3 Å². The smallest absolute Gasteiger partial charge is 0.387 e. The van der Waals surface area contributed by atoms with Crippen LogP contribution in [0.3, 0.4) is 0 Å². The summed E-state index contributed by atoms with van der Waals surface area (Å²) in [5.41, 5.74) is 0. The molecule has 1 aliphatic carbocycles. The molecule has 0 unspecified atom stereocenters. The number of rotatable bonds is 0. The van der Waals surface area contributed by atoms with Crippen molar-refractivity contribution in [2.45, 2.75) is 17.8 Å². The van der Waals surface area contributed by atoms with Crippen LogP contribution in [0, 0.1) is 0 Å². The van der Waals surface area contributed by atoms with Gasteiger partial charge in [-0.15, -0.1) is 0 Å². The summed E-state index contributed by atoms with van der Waals surface area (Å²) in [6, 6.07) is 0. The molecule has 0 aromatic rings. The Bertz CT molecular complexity index is 202. The predicted molar refractivity (Wildman–Crippen MR) is 23.5 cm³/mol. The molecule has 0 heterocycles. The van der Waals surface area contributed by atoms with Crippen LogP contribution in [0.2, 0.25) is 0 Å². The lowest BCUT2D eigenvalue weighted by atomic mass is 9.83. The Kier molecular flexibility index (Phi) is 1.98. The number of hydrogen-bond donors (Lipinski definition) is 0. The number of hydrogen-bond acceptors (Lipinski definition) is 1. The molecule has 0 aromatic heterocycles. The van der Waals surface area contributed by atoms with E-state index in [-0.39, 0.29) is 5.48 Å². The van der Waals surface area contributed by atoms with Crippen LogP contribution in [-0.2, 0) is 4.79 Å². The monoisotopic (exact) mass is 196 g/mol. The molecule has 0 bridgehead atoms. The molecule has 1 saturated carbocycles. The minimum absolute atomic E-state index is 0. The lowest BCUT2D eigenvalue weighted by Gasteiger charge is -2.40. The van der Waals surface area contributed by atoms with Gasteiger partial charge in [-0.3, -0.25) is 4.79 Å². The number of carbonyl (C=O) groups excluding carboxylic acids is 1. The molecule has 0 atom stereocenters. The number of ketones is 1. The van der Waals surface area contributed by atoms with Gasteiger partial charge in [0.25, 0.3) is 5.78 Å². The van der Waals surface area contributed by atoms with E-state index in [4.69, 9.17) is 0 Å². The Morgan fingerprint density at radius 2 is 1.08 bits per heavy atom. The van der Waals surface area contributed by atoms with Crippen LogP contribution < -0.4 is 0 Å². The van der Waals surface area contributed by atoms with Crippen molar-refractivity contribution in [3.8, 4) is 0 Å². The van der Waals surface area contributed by atoms with Crippen molar-refractivity contribution in [3.05, 3.63) is 0 Å². The Morgan fingerprint density at radius 3 is 1.17 bits per heavy atom. The first-order valence-electron chi connectivity index (χ1n) is 2.34. The summed E-state index contributed by atoms with van der Waals surface area (Å²) in [7, 11) is 0. The van der Waals surface area contributed by atoms with Crippen LogP contribution >= 0.6 is 0 Å². The zero-order valence-corrected chi connectivity index (χ0v) is 5.18. The lowest BCUT2D eigenvalue weighted by molar-refractivity contribution is -0.341. The van der Waals surface area contributed by atoms with Gasteiger partial charge in [-0.1, -0.05) is 0 Å². The minimum Gasteiger partial charge on any atom is -0.412 e. The molecule has 1 aliphatic rings. The van der Waals surface area contributed by atoms with E-state index in [1.807, 2.05) is 0 Å². The Labute approximate surface area is 61.5 Å². The van der Waals surface area contributed by atoms with E-state index in [2.05, 4.69) is 0 Å². The summed E-state index contributed by atoms with van der Waals surface area (Å²) >= 11 is 0. The van der Waals surface area contributed by atoms with Crippen molar-refractivity contribution >= 4 is 5.78 Å². The quantitative estimate of drug-likeness (QED) is 0.524. The molecular weight excluding hydrogens is 194 g/mol. The first-order valence-corrected chi connectivity index (χ1v) is 2.34. The summed E-state index contributed by atoms with van der Waals surface area (Å²) < 4.78 is 69.7. The third-order valence-corrected chi connectivity index (χ3v) is 1.36. The maximum absolute atomic E-state index is 11.6. The Morgan fingerprint density at radius 1 is 0.833 bits per heavy atom. The minimum atomic E-state index is -5.53. The Hall–Kier alpha value is -0.790. The van der Waals surface area contributed by atoms with Gasteiger partial charge < -0.3 is 5.48 Å². The second-order valence-electron chi connectivity index (χ2n) is 2.05. The fourth-order valence-electron chi connectivity index (χ4n) is 0.617. The second-order valence-corrected chi connectivity index (χ2v) is 2.05. The van der Waals surface area contributed by atoms with Gasteiger partial charge in [0, 0.05) is 0 Å². The fourth-order valence-corrected chi connectivity index (χ4v) is 0.617. The second kappa shape index (κ2) is 2.12. The average molecular weight is 196 g/mol. The van der Waals surface area contributed by atoms with Gasteiger partial charge in [-0.05, 0) is 0 Å². The molecule has 72 valence electrons. The molecule has 1 rings (SSSR count). The third-order valence-electron chi connectivity index (χ3n) is 1.36. The van der Waals surface area contributed by atoms with Crippen molar-refractivity contribution in [1.82, 2.24) is 0 Å². The number of alkyl halides is 6. The topological polar surface area (TPSA) is 48.6 Å². The maximum Gasteiger partial charge on any atom is 0.387 e. The first-order chi connectivity index (χ1) is 4.65. The highest BCUT2D eigenvalue weighted by Gasteiger charge is 2.91. The van der Waals surface area contributed by atoms with Crippen molar-refractivity contribution in [2.24, 2.45) is 0 Å². The molecule has 2 nitrogen and oxygen atoms in total. The van der Waals surface area contributed by atoms with Crippen LogP contribution in [0.15, 0.2) is 0 Å². The van der Waals surface area contributed by atoms with Gasteiger partial charge in [0.2, 0.25) is 0 Å². The van der Waals surface area contributed by atoms with E-state index in [9.17, 15) is 31.1 Å². The molecule has 12 heavy (non-hydrogen) atoms. The molecule has 0 spiro atoms. The van der Waals surface area contributed by atoms with E-state index in [1.165, 1.54) is 0 Å². The predicted octanol–water partition coefficient (Wildman–Crippen LogP) is 0.650. The van der Waals surface area contributed by atoms with Crippen molar-refractivity contribution in [2.75, 3.05) is 0 Å². The largest absolute Gasteiger partial charge is 0.412 e. The number of Topliss-reactive ketones (excluding diaryl/α,β-unsaturated/α-hetero) is 1. The standard InChI is InChI=1S/C4F6O.H2O/c5-2(6)1(11)3(7,8)4(2,9)10;/h;1H2. The SMILES string of the molecule is O.O=C1C(F)(F)C(F)(F)C1(F)F. The van der Waals surface area contributed by atoms with Gasteiger partial charge in [-0.25, -0.2) is 0 Å². The normalized spacial score (nSPS) is 28.7. The van der Waals surface area contributed by atoms with Crippen molar-refractivity contribution in [3.63, 3.8) is 0 Å². The lowest BCUT2D eigenvalue weighted by Crippen LogP contribution is -2.75. The van der Waals surface area contributed by atoms with E-state index in [0.717, 1.165) is 0 Å². The van der Waals surface area contributed by atoms with Crippen LogP contribution in [0.5, 0.6) is 0 Å². The van der Waals surface area contributed by atoms with Crippen LogP contribution in [0.1, 0.15) is 0 Å². The maximum atomic E-state index is 11.6. The van der Waals surface area contributed by atoms with Crippen molar-refractivity contribution in [1.29, 1.82) is 0 Å². The van der Waals surface area contributed by atoms with Gasteiger partial charge >= 0.3 is 17.8 Å². The highest BCUT2D eigenvalue weighted by molar-refractivity contribution is 6.01. The van der Waals surface area contributed by atoms with Crippen molar-refractivity contribution < 1.29 is 36.6 Å².